The molecule has 1 unspecified atom stereocenters. The maximum atomic E-state index is 13.3. The van der Waals surface area contributed by atoms with E-state index in [9.17, 15) is 14.7 Å². The van der Waals surface area contributed by atoms with Crippen molar-refractivity contribution in [3.05, 3.63) is 106 Å². The third kappa shape index (κ3) is 4.67. The van der Waals surface area contributed by atoms with Gasteiger partial charge in [0, 0.05) is 23.7 Å². The van der Waals surface area contributed by atoms with Gasteiger partial charge in [-0.1, -0.05) is 88.8 Å². The minimum Gasteiger partial charge on any atom is -0.507 e. The van der Waals surface area contributed by atoms with E-state index in [1.165, 1.54) is 33.6 Å². The fourth-order valence-corrected chi connectivity index (χ4v) is 5.76. The largest absolute Gasteiger partial charge is 0.507 e. The van der Waals surface area contributed by atoms with Gasteiger partial charge in [0.25, 0.3) is 5.78 Å². The summed E-state index contributed by atoms with van der Waals surface area (Å²) in [6.07, 6.45) is 3.19. The maximum absolute atomic E-state index is 13.3. The zero-order valence-corrected chi connectivity index (χ0v) is 21.2. The molecule has 1 aliphatic rings. The lowest BCUT2D eigenvalue weighted by Gasteiger charge is -2.22. The molecule has 2 aromatic carbocycles. The van der Waals surface area contributed by atoms with E-state index in [4.69, 9.17) is 0 Å². The summed E-state index contributed by atoms with van der Waals surface area (Å²) in [6, 6.07) is 18.0. The van der Waals surface area contributed by atoms with Crippen LogP contribution >= 0.6 is 23.1 Å². The summed E-state index contributed by atoms with van der Waals surface area (Å²) in [5, 5.41) is 19.9. The lowest BCUT2D eigenvalue weighted by Crippen LogP contribution is -2.29. The molecule has 1 atom stereocenters. The number of Topliss-reactive ketones (excluding diaryl/α,β-unsaturated/α-hetero) is 1. The number of hydrogen-bond donors (Lipinski definition) is 1. The standard InChI is InChI=1S/C27H22N4O3S2/c1-16-5-9-18(10-6-16)15-35-27-30-29-26(36-27)31-22(20-4-3-13-28-14-20)21(24(33)25(31)34)23(32)19-11-7-17(2)8-12-19/h3-14,22,32H,15H2,1-2H3/b23-21-. The summed E-state index contributed by atoms with van der Waals surface area (Å²) in [4.78, 5) is 32.0. The number of aryl methyl sites for hydroxylation is 2. The lowest BCUT2D eigenvalue weighted by molar-refractivity contribution is -0.132. The second-order valence-electron chi connectivity index (χ2n) is 8.45. The number of aromatic nitrogens is 3. The monoisotopic (exact) mass is 514 g/mol. The van der Waals surface area contributed by atoms with Crippen molar-refractivity contribution in [1.82, 2.24) is 15.2 Å². The minimum absolute atomic E-state index is 0.000844. The van der Waals surface area contributed by atoms with E-state index < -0.39 is 17.7 Å². The molecule has 7 nitrogen and oxygen atoms in total. The predicted octanol–water partition coefficient (Wildman–Crippen LogP) is 5.47. The van der Waals surface area contributed by atoms with E-state index in [0.29, 0.717) is 26.4 Å². The van der Waals surface area contributed by atoms with Crippen LogP contribution < -0.4 is 4.90 Å². The Balaban J connectivity index is 1.51. The van der Waals surface area contributed by atoms with Gasteiger partial charge in [-0.2, -0.15) is 0 Å². The molecule has 1 N–H and O–H groups in total. The molecular formula is C27H22N4O3S2. The van der Waals surface area contributed by atoms with Gasteiger partial charge in [-0.25, -0.2) is 0 Å². The van der Waals surface area contributed by atoms with Crippen LogP contribution in [0.3, 0.4) is 0 Å². The van der Waals surface area contributed by atoms with Crippen LogP contribution in [0, 0.1) is 13.8 Å². The smallest absolute Gasteiger partial charge is 0.301 e. The molecule has 36 heavy (non-hydrogen) atoms. The van der Waals surface area contributed by atoms with Crippen LogP contribution in [0.15, 0.2) is 83.0 Å². The lowest BCUT2D eigenvalue weighted by atomic mass is 9.96. The number of ketones is 1. The summed E-state index contributed by atoms with van der Waals surface area (Å²) in [6.45, 7) is 3.97. The Morgan fingerprint density at radius 2 is 1.69 bits per heavy atom. The molecule has 0 saturated carbocycles. The quantitative estimate of drug-likeness (QED) is 0.120. The van der Waals surface area contributed by atoms with Crippen molar-refractivity contribution >= 4 is 45.7 Å². The molecular weight excluding hydrogens is 492 g/mol. The number of amides is 1. The van der Waals surface area contributed by atoms with Crippen molar-refractivity contribution in [2.75, 3.05) is 4.90 Å². The van der Waals surface area contributed by atoms with Crippen LogP contribution in [-0.4, -0.2) is 32.0 Å². The number of anilines is 1. The van der Waals surface area contributed by atoms with Crippen molar-refractivity contribution in [2.45, 2.75) is 30.0 Å². The highest BCUT2D eigenvalue weighted by atomic mass is 32.2. The molecule has 1 aliphatic heterocycles. The number of pyridine rings is 1. The Morgan fingerprint density at radius 3 is 2.36 bits per heavy atom. The number of benzene rings is 2. The zero-order valence-electron chi connectivity index (χ0n) is 19.6. The first-order valence-corrected chi connectivity index (χ1v) is 13.0. The summed E-state index contributed by atoms with van der Waals surface area (Å²) in [5.74, 6) is -1.06. The first-order valence-electron chi connectivity index (χ1n) is 11.2. The van der Waals surface area contributed by atoms with Crippen LogP contribution in [0.4, 0.5) is 5.13 Å². The molecule has 3 heterocycles. The molecule has 0 radical (unpaired) electrons. The number of nitrogens with zero attached hydrogens (tertiary/aromatic N) is 4. The van der Waals surface area contributed by atoms with Gasteiger partial charge in [-0.05, 0) is 31.0 Å². The first-order chi connectivity index (χ1) is 17.4. The molecule has 0 aliphatic carbocycles. The average Bonchev–Trinajstić information content (AvgIpc) is 3.46. The SMILES string of the molecule is Cc1ccc(CSc2nnc(N3C(=O)C(=O)/C(=C(\O)c4ccc(C)cc4)C3c3cccnc3)s2)cc1. The van der Waals surface area contributed by atoms with Gasteiger partial charge < -0.3 is 5.11 Å². The molecule has 1 fully saturated rings. The van der Waals surface area contributed by atoms with Crippen LogP contribution in [-0.2, 0) is 15.3 Å². The number of carbonyl (C=O) groups is 2. The minimum atomic E-state index is -0.872. The molecule has 5 rings (SSSR count). The highest BCUT2D eigenvalue weighted by Crippen LogP contribution is 2.43. The Morgan fingerprint density at radius 1 is 1.00 bits per heavy atom. The number of rotatable bonds is 6. The second-order valence-corrected chi connectivity index (χ2v) is 10.6. The number of thioether (sulfide) groups is 1. The second kappa shape index (κ2) is 10.0. The number of aliphatic hydroxyl groups excluding tert-OH is 1. The molecule has 0 spiro atoms. The molecule has 1 saturated heterocycles. The predicted molar refractivity (Wildman–Crippen MR) is 141 cm³/mol. The van der Waals surface area contributed by atoms with E-state index in [1.54, 1.807) is 36.7 Å². The Bertz CT molecular complexity index is 1450. The van der Waals surface area contributed by atoms with E-state index in [0.717, 1.165) is 11.1 Å². The van der Waals surface area contributed by atoms with Gasteiger partial charge in [0.1, 0.15) is 5.76 Å². The van der Waals surface area contributed by atoms with E-state index in [-0.39, 0.29) is 11.3 Å². The van der Waals surface area contributed by atoms with Crippen molar-refractivity contribution in [2.24, 2.45) is 0 Å². The van der Waals surface area contributed by atoms with Crippen molar-refractivity contribution in [3.63, 3.8) is 0 Å². The van der Waals surface area contributed by atoms with Crippen molar-refractivity contribution in [1.29, 1.82) is 0 Å². The average molecular weight is 515 g/mol. The van der Waals surface area contributed by atoms with Gasteiger partial charge >= 0.3 is 5.91 Å². The van der Waals surface area contributed by atoms with Crippen LogP contribution in [0.1, 0.15) is 33.9 Å². The number of carbonyl (C=O) groups excluding carboxylic acids is 2. The zero-order chi connectivity index (χ0) is 25.2. The summed E-state index contributed by atoms with van der Waals surface area (Å²) < 4.78 is 0.677. The van der Waals surface area contributed by atoms with Crippen molar-refractivity contribution < 1.29 is 14.7 Å². The Kier molecular flexibility index (Phi) is 6.67. The molecule has 2 aromatic heterocycles. The highest BCUT2D eigenvalue weighted by Gasteiger charge is 2.48. The fraction of sp³-hybridized carbons (Fsp3) is 0.148. The van der Waals surface area contributed by atoms with Crippen molar-refractivity contribution in [3.8, 4) is 0 Å². The Labute approximate surface area is 216 Å². The topological polar surface area (TPSA) is 96.3 Å². The number of hydrogen-bond acceptors (Lipinski definition) is 8. The number of aliphatic hydroxyl groups is 1. The molecule has 0 bridgehead atoms. The Hall–Kier alpha value is -3.82. The van der Waals surface area contributed by atoms with Crippen LogP contribution in [0.5, 0.6) is 0 Å². The third-order valence-electron chi connectivity index (χ3n) is 5.85. The molecule has 1 amide bonds. The summed E-state index contributed by atoms with van der Waals surface area (Å²) in [5.41, 5.74) is 4.41. The van der Waals surface area contributed by atoms with Crippen LogP contribution in [0.25, 0.3) is 5.76 Å². The van der Waals surface area contributed by atoms with Gasteiger partial charge in [0.2, 0.25) is 5.13 Å². The summed E-state index contributed by atoms with van der Waals surface area (Å²) in [7, 11) is 0. The van der Waals surface area contributed by atoms with Crippen LogP contribution in [0.2, 0.25) is 0 Å². The normalized spacial score (nSPS) is 17.1. The summed E-state index contributed by atoms with van der Waals surface area (Å²) >= 11 is 2.75. The van der Waals surface area contributed by atoms with Gasteiger partial charge in [-0.3, -0.25) is 19.5 Å². The van der Waals surface area contributed by atoms with Gasteiger partial charge in [0.05, 0.1) is 11.6 Å². The highest BCUT2D eigenvalue weighted by molar-refractivity contribution is 8.00. The third-order valence-corrected chi connectivity index (χ3v) is 7.98. The van der Waals surface area contributed by atoms with Gasteiger partial charge in [0.15, 0.2) is 4.34 Å². The van der Waals surface area contributed by atoms with E-state index in [2.05, 4.69) is 39.4 Å². The molecule has 180 valence electrons. The van der Waals surface area contributed by atoms with Gasteiger partial charge in [-0.15, -0.1) is 10.2 Å². The fourth-order valence-electron chi connectivity index (χ4n) is 3.94. The molecule has 4 aromatic rings. The van der Waals surface area contributed by atoms with E-state index in [1.807, 2.05) is 26.0 Å². The maximum Gasteiger partial charge on any atom is 0.301 e. The van der Waals surface area contributed by atoms with E-state index >= 15 is 0 Å². The molecule has 9 heteroatoms. The first kappa shape index (κ1) is 23.9.